The molecule has 0 N–H and O–H groups in total. The number of benzene rings is 3. The van der Waals surface area contributed by atoms with Crippen molar-refractivity contribution in [3.8, 4) is 11.5 Å². The largest absolute Gasteiger partial charge is 0.497 e. The first-order valence-electron chi connectivity index (χ1n) is 9.56. The molecule has 0 spiro atoms. The fraction of sp³-hybridized carbons (Fsp3) is 0.125. The number of hydrogen-bond donors (Lipinski definition) is 0. The van der Waals surface area contributed by atoms with Gasteiger partial charge in [0.2, 0.25) is 0 Å². The topological polar surface area (TPSA) is 36.3 Å². The molecule has 0 bridgehead atoms. The van der Waals surface area contributed by atoms with Gasteiger partial charge >= 0.3 is 0 Å². The van der Waals surface area contributed by atoms with Crippen LogP contribution < -0.4 is 25.0 Å². The minimum Gasteiger partial charge on any atom is -0.497 e. The number of imidazole rings is 1. The second kappa shape index (κ2) is 8.37. The van der Waals surface area contributed by atoms with E-state index in [1.54, 1.807) is 14.2 Å². The van der Waals surface area contributed by atoms with Gasteiger partial charge in [-0.2, -0.15) is 0 Å². The summed E-state index contributed by atoms with van der Waals surface area (Å²) >= 11 is 0. The molecule has 4 nitrogen and oxygen atoms in total. The fourth-order valence-electron chi connectivity index (χ4n) is 3.93. The van der Waals surface area contributed by atoms with Crippen molar-refractivity contribution < 1.29 is 9.47 Å². The van der Waals surface area contributed by atoms with Gasteiger partial charge in [-0.3, -0.25) is 0 Å². The minimum absolute atomic E-state index is 0.831. The smallest absolute Gasteiger partial charge is 0.168 e. The third-order valence-electron chi connectivity index (χ3n) is 5.37. The summed E-state index contributed by atoms with van der Waals surface area (Å²) in [7, 11) is 0.968. The monoisotopic (exact) mass is 400 g/mol. The maximum atomic E-state index is 5.58. The maximum absolute atomic E-state index is 5.58. The van der Waals surface area contributed by atoms with Crippen molar-refractivity contribution in [2.24, 2.45) is 0 Å². The molecule has 0 aliphatic rings. The maximum Gasteiger partial charge on any atom is 0.168 e. The molecule has 0 unspecified atom stereocenters. The van der Waals surface area contributed by atoms with Gasteiger partial charge in [-0.1, -0.05) is 54.6 Å². The summed E-state index contributed by atoms with van der Waals surface area (Å²) in [5.41, 5.74) is 0. The van der Waals surface area contributed by atoms with Crippen LogP contribution in [-0.2, 0) is 6.17 Å². The zero-order valence-electron chi connectivity index (χ0n) is 16.7. The molecule has 5 heteroatoms. The Hall–Kier alpha value is -3.31. The number of ether oxygens (including phenoxy) is 2. The molecule has 4 rings (SSSR count). The normalized spacial score (nSPS) is 11.2. The van der Waals surface area contributed by atoms with Crippen LogP contribution in [0.25, 0.3) is 0 Å². The van der Waals surface area contributed by atoms with Crippen LogP contribution in [0.1, 0.15) is 0 Å². The van der Waals surface area contributed by atoms with Gasteiger partial charge in [0, 0.05) is 18.6 Å². The van der Waals surface area contributed by atoms with Crippen molar-refractivity contribution >= 4 is 23.6 Å². The molecule has 1 aromatic heterocycles. The SMILES string of the molecule is COc1cccc([Si](Cn2ccnc2)(c2ccccc2)c2cccc(OC)c2)c1. The Morgan fingerprint density at radius 2 is 1.34 bits per heavy atom. The standard InChI is InChI=1S/C24H24N2O2Si/c1-27-20-8-6-12-23(16-20)29(19-26-15-14-25-18-26,22-10-4-3-5-11-22)24-13-7-9-21(17-24)28-2/h3-18H,19H2,1-2H3. The highest BCUT2D eigenvalue weighted by Gasteiger charge is 2.40. The Kier molecular flexibility index (Phi) is 5.49. The molecule has 0 aliphatic carbocycles. The van der Waals surface area contributed by atoms with Crippen LogP contribution in [0.15, 0.2) is 97.6 Å². The van der Waals surface area contributed by atoms with E-state index in [1.165, 1.54) is 15.6 Å². The predicted octanol–water partition coefficient (Wildman–Crippen LogP) is 2.61. The van der Waals surface area contributed by atoms with E-state index in [-0.39, 0.29) is 0 Å². The number of nitrogens with zero attached hydrogens (tertiary/aromatic N) is 2. The molecular formula is C24H24N2O2Si. The zero-order valence-corrected chi connectivity index (χ0v) is 17.7. The minimum atomic E-state index is -2.46. The third kappa shape index (κ3) is 3.69. The van der Waals surface area contributed by atoms with E-state index in [0.29, 0.717) is 0 Å². The van der Waals surface area contributed by atoms with Crippen LogP contribution in [0.3, 0.4) is 0 Å². The molecule has 29 heavy (non-hydrogen) atoms. The molecule has 1 heterocycles. The molecular weight excluding hydrogens is 376 g/mol. The molecule has 0 saturated heterocycles. The second-order valence-corrected chi connectivity index (χ2v) is 10.8. The van der Waals surface area contributed by atoms with E-state index >= 15 is 0 Å². The molecule has 4 aromatic rings. The predicted molar refractivity (Wildman–Crippen MR) is 119 cm³/mol. The van der Waals surface area contributed by atoms with Gasteiger partial charge in [0.05, 0.1) is 20.5 Å². The van der Waals surface area contributed by atoms with Crippen molar-refractivity contribution in [2.45, 2.75) is 6.17 Å². The van der Waals surface area contributed by atoms with Gasteiger partial charge < -0.3 is 14.0 Å². The summed E-state index contributed by atoms with van der Waals surface area (Å²) in [5.74, 6) is 1.73. The molecule has 0 fully saturated rings. The Morgan fingerprint density at radius 3 is 1.86 bits per heavy atom. The van der Waals surface area contributed by atoms with Crippen LogP contribution in [-0.4, -0.2) is 31.8 Å². The van der Waals surface area contributed by atoms with Crippen LogP contribution in [0.5, 0.6) is 11.5 Å². The zero-order chi connectivity index (χ0) is 20.1. The average Bonchev–Trinajstić information content (AvgIpc) is 3.31. The summed E-state index contributed by atoms with van der Waals surface area (Å²) in [6.45, 7) is 0. The average molecular weight is 401 g/mol. The second-order valence-electron chi connectivity index (χ2n) is 6.97. The summed E-state index contributed by atoms with van der Waals surface area (Å²) in [6.07, 6.45) is 6.59. The van der Waals surface area contributed by atoms with E-state index in [1.807, 2.05) is 30.9 Å². The van der Waals surface area contributed by atoms with Crippen LogP contribution in [0.4, 0.5) is 0 Å². The molecule has 3 aromatic carbocycles. The van der Waals surface area contributed by atoms with Gasteiger partial charge in [0.15, 0.2) is 8.07 Å². The number of hydrogen-bond acceptors (Lipinski definition) is 3. The van der Waals surface area contributed by atoms with Crippen molar-refractivity contribution in [2.75, 3.05) is 14.2 Å². The Labute approximate surface area is 172 Å². The highest BCUT2D eigenvalue weighted by atomic mass is 28.3. The Balaban J connectivity index is 2.03. The lowest BCUT2D eigenvalue weighted by Gasteiger charge is -2.34. The van der Waals surface area contributed by atoms with Crippen LogP contribution in [0, 0.1) is 0 Å². The number of aromatic nitrogens is 2. The first kappa shape index (κ1) is 19.0. The highest BCUT2D eigenvalue weighted by Crippen LogP contribution is 2.17. The lowest BCUT2D eigenvalue weighted by Crippen LogP contribution is -2.69. The van der Waals surface area contributed by atoms with Crippen molar-refractivity contribution in [3.05, 3.63) is 97.6 Å². The number of rotatable bonds is 7. The van der Waals surface area contributed by atoms with Crippen molar-refractivity contribution in [1.29, 1.82) is 0 Å². The molecule has 0 atom stereocenters. The first-order valence-corrected chi connectivity index (χ1v) is 11.8. The van der Waals surface area contributed by atoms with Gasteiger partial charge in [-0.05, 0) is 39.8 Å². The summed E-state index contributed by atoms with van der Waals surface area (Å²) in [6, 6.07) is 27.7. The Morgan fingerprint density at radius 1 is 0.759 bits per heavy atom. The van der Waals surface area contributed by atoms with E-state index < -0.39 is 8.07 Å². The quantitative estimate of drug-likeness (QED) is 0.353. The van der Waals surface area contributed by atoms with Crippen LogP contribution in [0.2, 0.25) is 0 Å². The van der Waals surface area contributed by atoms with Crippen LogP contribution >= 0.6 is 0 Å². The molecule has 0 saturated carbocycles. The van der Waals surface area contributed by atoms with E-state index in [2.05, 4.69) is 76.3 Å². The van der Waals surface area contributed by atoms with Gasteiger partial charge in [-0.15, -0.1) is 0 Å². The molecule has 0 amide bonds. The lowest BCUT2D eigenvalue weighted by atomic mass is 10.3. The fourth-order valence-corrected chi connectivity index (χ4v) is 8.51. The lowest BCUT2D eigenvalue weighted by molar-refractivity contribution is 0.415. The van der Waals surface area contributed by atoms with Gasteiger partial charge in [-0.25, -0.2) is 4.98 Å². The van der Waals surface area contributed by atoms with Gasteiger partial charge in [0.25, 0.3) is 0 Å². The molecule has 0 aliphatic heterocycles. The van der Waals surface area contributed by atoms with E-state index in [4.69, 9.17) is 9.47 Å². The summed E-state index contributed by atoms with van der Waals surface area (Å²) in [4.78, 5) is 4.29. The van der Waals surface area contributed by atoms with Gasteiger partial charge in [0.1, 0.15) is 11.5 Å². The van der Waals surface area contributed by atoms with E-state index in [9.17, 15) is 0 Å². The summed E-state index contributed by atoms with van der Waals surface area (Å²) in [5, 5.41) is 3.89. The summed E-state index contributed by atoms with van der Waals surface area (Å²) < 4.78 is 13.3. The van der Waals surface area contributed by atoms with Crippen molar-refractivity contribution in [1.82, 2.24) is 9.55 Å². The number of methoxy groups -OCH3 is 2. The highest BCUT2D eigenvalue weighted by molar-refractivity contribution is 7.10. The Bertz CT molecular complexity index is 1020. The molecule has 0 radical (unpaired) electrons. The first-order chi connectivity index (χ1) is 14.3. The molecule has 146 valence electrons. The van der Waals surface area contributed by atoms with Crippen molar-refractivity contribution in [3.63, 3.8) is 0 Å². The van der Waals surface area contributed by atoms with E-state index in [0.717, 1.165) is 17.7 Å². The third-order valence-corrected chi connectivity index (χ3v) is 10.1.